The summed E-state index contributed by atoms with van der Waals surface area (Å²) in [4.78, 5) is 44.4. The van der Waals surface area contributed by atoms with Crippen LogP contribution in [-0.4, -0.2) is 42.7 Å². The Balaban J connectivity index is 1.22. The van der Waals surface area contributed by atoms with E-state index in [1.807, 2.05) is 23.6 Å². The summed E-state index contributed by atoms with van der Waals surface area (Å²) >= 11 is 8.77. The van der Waals surface area contributed by atoms with E-state index in [0.717, 1.165) is 10.5 Å². The van der Waals surface area contributed by atoms with E-state index < -0.39 is 11.8 Å². The molecular formula is C35H29ClN4O5S2. The zero-order chi connectivity index (χ0) is 33.2. The van der Waals surface area contributed by atoms with Crippen LogP contribution in [0, 0.1) is 0 Å². The molecule has 0 radical (unpaired) electrons. The van der Waals surface area contributed by atoms with Crippen molar-refractivity contribution in [2.45, 2.75) is 4.90 Å². The van der Waals surface area contributed by atoms with Gasteiger partial charge in [0, 0.05) is 32.1 Å². The maximum Gasteiger partial charge on any atom is 0.272 e. The molecule has 5 aromatic rings. The third-order valence-electron chi connectivity index (χ3n) is 6.58. The first-order chi connectivity index (χ1) is 22.8. The minimum absolute atomic E-state index is 0.0365. The zero-order valence-corrected chi connectivity index (χ0v) is 27.7. The zero-order valence-electron chi connectivity index (χ0n) is 25.3. The van der Waals surface area contributed by atoms with Gasteiger partial charge in [0.05, 0.1) is 25.7 Å². The Morgan fingerprint density at radius 2 is 1.66 bits per heavy atom. The largest absolute Gasteiger partial charge is 0.493 e. The van der Waals surface area contributed by atoms with Crippen molar-refractivity contribution in [1.82, 2.24) is 10.3 Å². The lowest BCUT2D eigenvalue weighted by Gasteiger charge is -2.12. The monoisotopic (exact) mass is 684 g/mol. The predicted molar refractivity (Wildman–Crippen MR) is 188 cm³/mol. The second kappa shape index (κ2) is 15.9. The fraction of sp³-hybridized carbons (Fsp3) is 0.0857. The predicted octanol–water partition coefficient (Wildman–Crippen LogP) is 7.62. The van der Waals surface area contributed by atoms with Crippen molar-refractivity contribution in [1.29, 1.82) is 0 Å². The second-order valence-corrected chi connectivity index (χ2v) is 12.2. The number of hydrogen-bond donors (Lipinski definition) is 3. The van der Waals surface area contributed by atoms with Gasteiger partial charge in [-0.05, 0) is 72.3 Å². The lowest BCUT2D eigenvalue weighted by molar-refractivity contribution is -0.114. The van der Waals surface area contributed by atoms with Gasteiger partial charge in [-0.25, -0.2) is 4.98 Å². The Morgan fingerprint density at radius 1 is 0.872 bits per heavy atom. The molecule has 0 aliphatic rings. The topological polar surface area (TPSA) is 119 Å². The third-order valence-corrected chi connectivity index (χ3v) is 8.57. The van der Waals surface area contributed by atoms with Crippen molar-refractivity contribution in [2.24, 2.45) is 0 Å². The highest BCUT2D eigenvalue weighted by atomic mass is 35.5. The van der Waals surface area contributed by atoms with Crippen LogP contribution in [0.2, 0.25) is 5.02 Å². The summed E-state index contributed by atoms with van der Waals surface area (Å²) in [6.45, 7) is 0. The molecule has 0 aliphatic carbocycles. The molecule has 0 unspecified atom stereocenters. The first-order valence-electron chi connectivity index (χ1n) is 14.2. The summed E-state index contributed by atoms with van der Waals surface area (Å²) in [5.74, 6) is 0.140. The lowest BCUT2D eigenvalue weighted by atomic mass is 10.1. The van der Waals surface area contributed by atoms with Crippen LogP contribution in [-0.2, 0) is 9.59 Å². The molecule has 0 fully saturated rings. The van der Waals surface area contributed by atoms with Crippen LogP contribution < -0.4 is 25.4 Å². The molecule has 0 bridgehead atoms. The van der Waals surface area contributed by atoms with E-state index in [1.165, 1.54) is 23.1 Å². The number of thiazole rings is 1. The molecule has 4 aromatic carbocycles. The molecule has 9 nitrogen and oxygen atoms in total. The van der Waals surface area contributed by atoms with Crippen LogP contribution in [0.1, 0.15) is 15.9 Å². The Kier molecular flexibility index (Phi) is 11.3. The molecule has 3 N–H and O–H groups in total. The quantitative estimate of drug-likeness (QED) is 0.0914. The number of rotatable bonds is 12. The van der Waals surface area contributed by atoms with Gasteiger partial charge in [0.1, 0.15) is 5.70 Å². The Morgan fingerprint density at radius 3 is 2.43 bits per heavy atom. The Labute approximate surface area is 285 Å². The highest BCUT2D eigenvalue weighted by molar-refractivity contribution is 8.00. The van der Waals surface area contributed by atoms with E-state index in [0.29, 0.717) is 44.2 Å². The average Bonchev–Trinajstić information content (AvgIpc) is 3.55. The molecule has 47 heavy (non-hydrogen) atoms. The minimum atomic E-state index is -0.525. The first kappa shape index (κ1) is 33.3. The van der Waals surface area contributed by atoms with Crippen molar-refractivity contribution in [3.8, 4) is 22.8 Å². The minimum Gasteiger partial charge on any atom is -0.493 e. The average molecular weight is 685 g/mol. The van der Waals surface area contributed by atoms with E-state index in [2.05, 4.69) is 20.9 Å². The molecule has 0 spiro atoms. The van der Waals surface area contributed by atoms with Crippen LogP contribution in [0.4, 0.5) is 10.8 Å². The van der Waals surface area contributed by atoms with Crippen LogP contribution >= 0.6 is 34.7 Å². The van der Waals surface area contributed by atoms with Crippen LogP contribution in [0.25, 0.3) is 17.3 Å². The number of carbonyl (C=O) groups excluding carboxylic acids is 3. The number of benzene rings is 4. The summed E-state index contributed by atoms with van der Waals surface area (Å²) in [7, 11) is 3.14. The molecule has 1 heterocycles. The number of halogens is 1. The standard InChI is InChI=1S/C35H29ClN4O5S2/c1-44-30-15-14-24(18-31(30)45-2)29-20-47-35(39-29)40-32(41)21-46-27-13-7-12-26(19-27)37-34(43)28(17-22-8-6-11-25(36)16-22)38-33(42)23-9-4-3-5-10-23/h3-20H,21H2,1-2H3,(H,37,43)(H,38,42)(H,39,40,41)/b28-17-. The van der Waals surface area contributed by atoms with Crippen molar-refractivity contribution in [3.05, 3.63) is 124 Å². The molecular weight excluding hydrogens is 656 g/mol. The Bertz CT molecular complexity index is 1930. The van der Waals surface area contributed by atoms with Crippen molar-refractivity contribution < 1.29 is 23.9 Å². The van der Waals surface area contributed by atoms with E-state index in [1.54, 1.807) is 99.2 Å². The lowest BCUT2D eigenvalue weighted by Crippen LogP contribution is -2.30. The van der Waals surface area contributed by atoms with Gasteiger partial charge in [-0.15, -0.1) is 23.1 Å². The van der Waals surface area contributed by atoms with Crippen molar-refractivity contribution in [3.63, 3.8) is 0 Å². The number of aromatic nitrogens is 1. The molecule has 3 amide bonds. The maximum absolute atomic E-state index is 13.4. The van der Waals surface area contributed by atoms with Crippen molar-refractivity contribution in [2.75, 3.05) is 30.6 Å². The Hall–Kier alpha value is -5.10. The van der Waals surface area contributed by atoms with E-state index in [-0.39, 0.29) is 17.4 Å². The van der Waals surface area contributed by atoms with Gasteiger partial charge >= 0.3 is 0 Å². The highest BCUT2D eigenvalue weighted by Gasteiger charge is 2.16. The SMILES string of the molecule is COc1ccc(-c2csc(NC(=O)CSc3cccc(NC(=O)/C(=C/c4cccc(Cl)c4)NC(=O)c4ccccc4)c3)n2)cc1OC. The smallest absolute Gasteiger partial charge is 0.272 e. The fourth-order valence-electron chi connectivity index (χ4n) is 4.33. The van der Waals surface area contributed by atoms with E-state index in [4.69, 9.17) is 21.1 Å². The van der Waals surface area contributed by atoms with Gasteiger partial charge in [0.25, 0.3) is 11.8 Å². The molecule has 5 rings (SSSR count). The highest BCUT2D eigenvalue weighted by Crippen LogP contribution is 2.33. The number of hydrogen-bond acceptors (Lipinski definition) is 8. The summed E-state index contributed by atoms with van der Waals surface area (Å²) in [6, 6.07) is 28.1. The molecule has 0 saturated heterocycles. The number of nitrogens with one attached hydrogen (secondary N) is 3. The summed E-state index contributed by atoms with van der Waals surface area (Å²) in [5.41, 5.74) is 3.11. The number of methoxy groups -OCH3 is 2. The number of ether oxygens (including phenoxy) is 2. The number of nitrogens with zero attached hydrogens (tertiary/aromatic N) is 1. The van der Waals surface area contributed by atoms with Gasteiger partial charge in [-0.2, -0.15) is 0 Å². The van der Waals surface area contributed by atoms with Gasteiger partial charge in [0.15, 0.2) is 16.6 Å². The number of carbonyl (C=O) groups is 3. The molecule has 238 valence electrons. The maximum atomic E-state index is 13.4. The molecule has 12 heteroatoms. The van der Waals surface area contributed by atoms with Crippen LogP contribution in [0.3, 0.4) is 0 Å². The van der Waals surface area contributed by atoms with Crippen molar-refractivity contribution >= 4 is 69.3 Å². The van der Waals surface area contributed by atoms with E-state index in [9.17, 15) is 14.4 Å². The number of amides is 3. The summed E-state index contributed by atoms with van der Waals surface area (Å²) < 4.78 is 10.7. The number of anilines is 2. The van der Waals surface area contributed by atoms with Crippen LogP contribution in [0.15, 0.2) is 113 Å². The number of thioether (sulfide) groups is 1. The van der Waals surface area contributed by atoms with E-state index >= 15 is 0 Å². The molecule has 0 saturated carbocycles. The molecule has 0 aliphatic heterocycles. The molecule has 1 aromatic heterocycles. The van der Waals surface area contributed by atoms with Crippen LogP contribution in [0.5, 0.6) is 11.5 Å². The fourth-order valence-corrected chi connectivity index (χ4v) is 6.02. The van der Waals surface area contributed by atoms with Gasteiger partial charge in [-0.3, -0.25) is 14.4 Å². The summed E-state index contributed by atoms with van der Waals surface area (Å²) in [5, 5.41) is 11.2. The van der Waals surface area contributed by atoms with Gasteiger partial charge < -0.3 is 25.4 Å². The third kappa shape index (κ3) is 9.23. The van der Waals surface area contributed by atoms with Gasteiger partial charge in [-0.1, -0.05) is 48.0 Å². The van der Waals surface area contributed by atoms with Gasteiger partial charge in [0.2, 0.25) is 5.91 Å². The normalized spacial score (nSPS) is 11.0. The first-order valence-corrected chi connectivity index (χ1v) is 16.4. The second-order valence-electron chi connectivity index (χ2n) is 9.86. The molecule has 0 atom stereocenters. The summed E-state index contributed by atoms with van der Waals surface area (Å²) in [6.07, 6.45) is 1.56.